The summed E-state index contributed by atoms with van der Waals surface area (Å²) < 4.78 is 14.2. The fraction of sp³-hybridized carbons (Fsp3) is 0.243. The van der Waals surface area contributed by atoms with E-state index < -0.39 is 71.6 Å². The number of carbonyl (C=O) groups excluding carboxylic acids is 4. The van der Waals surface area contributed by atoms with Gasteiger partial charge in [-0.15, -0.1) is 0 Å². The van der Waals surface area contributed by atoms with Crippen LogP contribution in [-0.2, 0) is 19.2 Å². The number of nitrogens with zero attached hydrogens (tertiary/aromatic N) is 2. The molecule has 12 heteroatoms. The van der Waals surface area contributed by atoms with Crippen LogP contribution in [-0.4, -0.2) is 45.9 Å². The minimum absolute atomic E-state index is 0.0462. The van der Waals surface area contributed by atoms with E-state index in [0.717, 1.165) is 21.4 Å². The summed E-state index contributed by atoms with van der Waals surface area (Å²) >= 11 is 6.10. The molecule has 2 saturated heterocycles. The first-order valence-electron chi connectivity index (χ1n) is 16.0. The molecule has 4 aromatic carbocycles. The Labute approximate surface area is 285 Å². The lowest BCUT2D eigenvalue weighted by Gasteiger charge is -2.49. The molecule has 0 radical (unpaired) electrons. The summed E-state index contributed by atoms with van der Waals surface area (Å²) in [5.74, 6) is -6.38. The zero-order chi connectivity index (χ0) is 34.5. The van der Waals surface area contributed by atoms with Crippen molar-refractivity contribution in [3.63, 3.8) is 0 Å². The molecule has 3 fully saturated rings. The number of phenolic OH excluding ortho intramolecular Hbond substituents is 1. The average Bonchev–Trinajstić information content (AvgIpc) is 3.46. The smallest absolute Gasteiger partial charge is 0.488 e. The molecule has 246 valence electrons. The van der Waals surface area contributed by atoms with Gasteiger partial charge in [0.15, 0.2) is 0 Å². The summed E-state index contributed by atoms with van der Waals surface area (Å²) in [7, 11) is -1.80. The lowest BCUT2D eigenvalue weighted by Crippen LogP contribution is -2.49. The highest BCUT2D eigenvalue weighted by Crippen LogP contribution is 2.64. The van der Waals surface area contributed by atoms with Crippen molar-refractivity contribution in [2.75, 3.05) is 9.80 Å². The number of amides is 4. The quantitative estimate of drug-likeness (QED) is 0.165. The topological polar surface area (TPSA) is 135 Å². The Bertz CT molecular complexity index is 2170. The number of allylic oxidation sites excluding steroid dienone is 2. The second-order valence-corrected chi connectivity index (χ2v) is 13.9. The van der Waals surface area contributed by atoms with Crippen LogP contribution >= 0.6 is 11.6 Å². The van der Waals surface area contributed by atoms with Crippen molar-refractivity contribution >= 4 is 70.0 Å². The molecule has 0 bridgehead atoms. The Hall–Kier alpha value is -4.84. The molecule has 4 amide bonds. The van der Waals surface area contributed by atoms with E-state index in [4.69, 9.17) is 11.6 Å². The van der Waals surface area contributed by atoms with Gasteiger partial charge in [-0.3, -0.25) is 24.1 Å². The molecule has 0 unspecified atom stereocenters. The van der Waals surface area contributed by atoms with E-state index in [2.05, 4.69) is 0 Å². The second kappa shape index (κ2) is 11.1. The normalized spacial score (nSPS) is 27.7. The number of rotatable bonds is 4. The van der Waals surface area contributed by atoms with Crippen LogP contribution in [0.3, 0.4) is 0 Å². The first-order valence-corrected chi connectivity index (χ1v) is 16.4. The van der Waals surface area contributed by atoms with E-state index in [1.54, 1.807) is 37.3 Å². The number of carbonyl (C=O) groups is 4. The van der Waals surface area contributed by atoms with Crippen LogP contribution in [0.15, 0.2) is 90.5 Å². The Morgan fingerprint density at radius 2 is 1.57 bits per heavy atom. The van der Waals surface area contributed by atoms with E-state index in [9.17, 15) is 38.7 Å². The van der Waals surface area contributed by atoms with Crippen molar-refractivity contribution in [1.82, 2.24) is 0 Å². The summed E-state index contributed by atoms with van der Waals surface area (Å²) in [6, 6.07) is 20.1. The number of phenols is 1. The molecule has 9 nitrogen and oxygen atoms in total. The van der Waals surface area contributed by atoms with Crippen LogP contribution in [0.2, 0.25) is 5.02 Å². The maximum atomic E-state index is 14.7. The van der Waals surface area contributed by atoms with Crippen LogP contribution in [0.5, 0.6) is 5.75 Å². The lowest BCUT2D eigenvalue weighted by molar-refractivity contribution is -0.131. The number of imide groups is 2. The third-order valence-corrected chi connectivity index (χ3v) is 11.4. The van der Waals surface area contributed by atoms with Gasteiger partial charge in [0.2, 0.25) is 23.6 Å². The van der Waals surface area contributed by atoms with Gasteiger partial charge in [-0.25, -0.2) is 9.29 Å². The van der Waals surface area contributed by atoms with Crippen LogP contribution in [0, 0.1) is 34.9 Å². The standard InChI is InChI=1S/C37H29BClFN2O7/c1-37-27(34(45)42(36(37)47)20-9-13-29(40)28(39)16-20)17-26-24(32(37)23-12-14-30(43)22-8-3-2-7-21(22)23)10-11-25-31(26)35(46)41(33(25)44)19-6-4-5-18(15-19)38(48)49/h2-10,12-16,25-27,31-32,43,48-49H,11,17H2,1H3/t25-,26+,27-,31-,32-,37+/m0/s1. The Morgan fingerprint density at radius 3 is 2.31 bits per heavy atom. The van der Waals surface area contributed by atoms with Crippen molar-refractivity contribution in [1.29, 1.82) is 0 Å². The zero-order valence-electron chi connectivity index (χ0n) is 26.1. The number of hydrogen-bond acceptors (Lipinski definition) is 7. The zero-order valence-corrected chi connectivity index (χ0v) is 26.8. The SMILES string of the molecule is C[C@@]12C(=O)N(c3ccc(F)c(Cl)c3)C(=O)[C@@H]1C[C@@H]1C(=CC[C@@H]3C(=O)N(c4cccc(B(O)O)c4)C(=O)[C@@H]31)[C@@H]2c1ccc(O)c2ccccc12. The summed E-state index contributed by atoms with van der Waals surface area (Å²) in [6.07, 6.45) is 2.25. The average molecular weight is 679 g/mol. The van der Waals surface area contributed by atoms with E-state index in [-0.39, 0.29) is 40.5 Å². The molecule has 8 rings (SSSR count). The van der Waals surface area contributed by atoms with Crippen molar-refractivity contribution in [2.45, 2.75) is 25.7 Å². The molecule has 49 heavy (non-hydrogen) atoms. The molecular weight excluding hydrogens is 650 g/mol. The van der Waals surface area contributed by atoms with Crippen LogP contribution in [0.1, 0.15) is 31.2 Å². The maximum absolute atomic E-state index is 14.7. The van der Waals surface area contributed by atoms with Gasteiger partial charge in [-0.05, 0) is 78.5 Å². The molecule has 2 aliphatic heterocycles. The molecular formula is C37H29BClFN2O7. The minimum atomic E-state index is -1.80. The molecule has 0 aromatic heterocycles. The fourth-order valence-electron chi connectivity index (χ4n) is 8.87. The van der Waals surface area contributed by atoms with Gasteiger partial charge in [0, 0.05) is 11.3 Å². The maximum Gasteiger partial charge on any atom is 0.488 e. The van der Waals surface area contributed by atoms with Gasteiger partial charge in [0.25, 0.3) is 0 Å². The van der Waals surface area contributed by atoms with Crippen LogP contribution in [0.25, 0.3) is 10.8 Å². The Morgan fingerprint density at radius 1 is 0.837 bits per heavy atom. The van der Waals surface area contributed by atoms with Gasteiger partial charge in [0.05, 0.1) is 39.6 Å². The van der Waals surface area contributed by atoms with Crippen molar-refractivity contribution in [3.8, 4) is 5.75 Å². The first-order chi connectivity index (χ1) is 23.4. The number of hydrogen-bond donors (Lipinski definition) is 3. The predicted molar refractivity (Wildman–Crippen MR) is 180 cm³/mol. The van der Waals surface area contributed by atoms with Crippen molar-refractivity contribution in [3.05, 3.63) is 107 Å². The molecule has 4 aromatic rings. The third-order valence-electron chi connectivity index (χ3n) is 11.1. The van der Waals surface area contributed by atoms with E-state index in [1.807, 2.05) is 18.2 Å². The molecule has 1 saturated carbocycles. The summed E-state index contributed by atoms with van der Waals surface area (Å²) in [6.45, 7) is 1.75. The van der Waals surface area contributed by atoms with Gasteiger partial charge in [-0.2, -0.15) is 0 Å². The monoisotopic (exact) mass is 678 g/mol. The van der Waals surface area contributed by atoms with E-state index in [1.165, 1.54) is 30.3 Å². The molecule has 0 spiro atoms. The molecule has 6 atom stereocenters. The molecule has 3 N–H and O–H groups in total. The van der Waals surface area contributed by atoms with Crippen LogP contribution in [0.4, 0.5) is 15.8 Å². The van der Waals surface area contributed by atoms with Gasteiger partial charge in [-0.1, -0.05) is 65.7 Å². The van der Waals surface area contributed by atoms with Crippen LogP contribution < -0.4 is 15.3 Å². The van der Waals surface area contributed by atoms with Crippen molar-refractivity contribution in [2.24, 2.45) is 29.1 Å². The molecule has 2 heterocycles. The number of halogens is 2. The summed E-state index contributed by atoms with van der Waals surface area (Å²) in [5.41, 5.74) is 0.557. The first kappa shape index (κ1) is 31.4. The summed E-state index contributed by atoms with van der Waals surface area (Å²) in [4.78, 5) is 59.6. The number of benzene rings is 4. The second-order valence-electron chi connectivity index (χ2n) is 13.5. The minimum Gasteiger partial charge on any atom is -0.507 e. The largest absolute Gasteiger partial charge is 0.507 e. The highest BCUT2D eigenvalue weighted by molar-refractivity contribution is 6.58. The number of anilines is 2. The Balaban J connectivity index is 1.30. The highest BCUT2D eigenvalue weighted by Gasteiger charge is 2.67. The van der Waals surface area contributed by atoms with Gasteiger partial charge in [0.1, 0.15) is 11.6 Å². The fourth-order valence-corrected chi connectivity index (χ4v) is 9.04. The molecule has 4 aliphatic rings. The third kappa shape index (κ3) is 4.38. The predicted octanol–water partition coefficient (Wildman–Crippen LogP) is 4.45. The van der Waals surface area contributed by atoms with Crippen molar-refractivity contribution < 1.29 is 38.7 Å². The highest BCUT2D eigenvalue weighted by atomic mass is 35.5. The lowest BCUT2D eigenvalue weighted by atomic mass is 9.51. The van der Waals surface area contributed by atoms with Gasteiger partial charge >= 0.3 is 7.12 Å². The van der Waals surface area contributed by atoms with E-state index in [0.29, 0.717) is 16.3 Å². The number of fused-ring (bicyclic) bond motifs is 5. The number of aromatic hydroxyl groups is 1. The Kier molecular flexibility index (Phi) is 7.12. The molecule has 2 aliphatic carbocycles. The summed E-state index contributed by atoms with van der Waals surface area (Å²) in [5, 5.41) is 31.3. The van der Waals surface area contributed by atoms with Gasteiger partial charge < -0.3 is 15.2 Å². The van der Waals surface area contributed by atoms with E-state index >= 15 is 0 Å².